The van der Waals surface area contributed by atoms with Crippen LogP contribution in [-0.2, 0) is 0 Å². The van der Waals surface area contributed by atoms with Crippen molar-refractivity contribution >= 4 is 23.2 Å². The first-order valence-corrected chi connectivity index (χ1v) is 2.44. The summed E-state index contributed by atoms with van der Waals surface area (Å²) in [6.45, 7) is 0. The SMILES string of the molecule is OC1CC1(Cl)Cl. The highest BCUT2D eigenvalue weighted by molar-refractivity contribution is 6.51. The van der Waals surface area contributed by atoms with E-state index in [1.165, 1.54) is 0 Å². The van der Waals surface area contributed by atoms with E-state index in [9.17, 15) is 0 Å². The summed E-state index contributed by atoms with van der Waals surface area (Å²) in [5.74, 6) is 0. The number of rotatable bonds is 0. The van der Waals surface area contributed by atoms with Crippen LogP contribution in [0.25, 0.3) is 0 Å². The van der Waals surface area contributed by atoms with E-state index in [1.807, 2.05) is 0 Å². The topological polar surface area (TPSA) is 20.2 Å². The normalized spacial score (nSPS) is 39.5. The maximum atomic E-state index is 8.43. The summed E-state index contributed by atoms with van der Waals surface area (Å²) >= 11 is 10.6. The quantitative estimate of drug-likeness (QED) is 0.479. The number of hydrogen-bond donors (Lipinski definition) is 1. The summed E-state index contributed by atoms with van der Waals surface area (Å²) in [7, 11) is 0. The third-order valence-electron chi connectivity index (χ3n) is 0.793. The molecule has 1 atom stereocenters. The fraction of sp³-hybridized carbons (Fsp3) is 1.00. The van der Waals surface area contributed by atoms with Gasteiger partial charge in [-0.2, -0.15) is 0 Å². The lowest BCUT2D eigenvalue weighted by molar-refractivity contribution is 0.276. The van der Waals surface area contributed by atoms with Crippen molar-refractivity contribution in [2.24, 2.45) is 0 Å². The standard InChI is InChI=1S/C3H4Cl2O/c4-3(5)1-2(3)6/h2,6H,1H2. The highest BCUT2D eigenvalue weighted by Crippen LogP contribution is 2.46. The molecule has 1 fully saturated rings. The van der Waals surface area contributed by atoms with Crippen LogP contribution in [0.4, 0.5) is 0 Å². The monoisotopic (exact) mass is 126 g/mol. The Balaban J connectivity index is 2.41. The van der Waals surface area contributed by atoms with E-state index < -0.39 is 10.4 Å². The van der Waals surface area contributed by atoms with Gasteiger partial charge in [0, 0.05) is 6.42 Å². The number of alkyl halides is 2. The van der Waals surface area contributed by atoms with Gasteiger partial charge in [0.1, 0.15) is 4.33 Å². The van der Waals surface area contributed by atoms with Crippen LogP contribution < -0.4 is 0 Å². The van der Waals surface area contributed by atoms with Gasteiger partial charge < -0.3 is 5.11 Å². The van der Waals surface area contributed by atoms with Crippen molar-refractivity contribution in [2.45, 2.75) is 16.9 Å². The lowest BCUT2D eigenvalue weighted by atomic mass is 10.9. The Morgan fingerprint density at radius 2 is 1.83 bits per heavy atom. The van der Waals surface area contributed by atoms with Gasteiger partial charge in [-0.25, -0.2) is 0 Å². The van der Waals surface area contributed by atoms with E-state index in [1.54, 1.807) is 0 Å². The van der Waals surface area contributed by atoms with E-state index >= 15 is 0 Å². The van der Waals surface area contributed by atoms with Gasteiger partial charge >= 0.3 is 0 Å². The Kier molecular flexibility index (Phi) is 0.804. The first-order valence-electron chi connectivity index (χ1n) is 1.69. The maximum absolute atomic E-state index is 8.43. The maximum Gasteiger partial charge on any atom is 0.146 e. The minimum Gasteiger partial charge on any atom is -0.390 e. The summed E-state index contributed by atoms with van der Waals surface area (Å²) in [6, 6.07) is 0. The average molecular weight is 127 g/mol. The summed E-state index contributed by atoms with van der Waals surface area (Å²) in [5.41, 5.74) is 0. The number of hydrogen-bond acceptors (Lipinski definition) is 1. The smallest absolute Gasteiger partial charge is 0.146 e. The van der Waals surface area contributed by atoms with Crippen molar-refractivity contribution < 1.29 is 5.11 Å². The Morgan fingerprint density at radius 3 is 1.83 bits per heavy atom. The minimum atomic E-state index is -0.792. The largest absolute Gasteiger partial charge is 0.390 e. The molecular formula is C3H4Cl2O. The van der Waals surface area contributed by atoms with Crippen molar-refractivity contribution in [3.63, 3.8) is 0 Å². The molecule has 0 amide bonds. The molecule has 0 aliphatic heterocycles. The van der Waals surface area contributed by atoms with Gasteiger partial charge in [0.15, 0.2) is 0 Å². The van der Waals surface area contributed by atoms with Crippen molar-refractivity contribution in [3.8, 4) is 0 Å². The highest BCUT2D eigenvalue weighted by atomic mass is 35.5. The van der Waals surface area contributed by atoms with Crippen LogP contribution in [0.5, 0.6) is 0 Å². The van der Waals surface area contributed by atoms with Crippen molar-refractivity contribution in [1.29, 1.82) is 0 Å². The molecule has 1 rings (SSSR count). The van der Waals surface area contributed by atoms with Gasteiger partial charge in [-0.15, -0.1) is 0 Å². The lowest BCUT2D eigenvalue weighted by Gasteiger charge is -1.84. The summed E-state index contributed by atoms with van der Waals surface area (Å²) in [6.07, 6.45) is 0.0525. The Morgan fingerprint density at radius 1 is 1.67 bits per heavy atom. The van der Waals surface area contributed by atoms with Gasteiger partial charge in [0.25, 0.3) is 0 Å². The Hall–Kier alpha value is 0.540. The predicted molar refractivity (Wildman–Crippen MR) is 25.1 cm³/mol. The molecule has 1 aliphatic rings. The molecule has 0 bridgehead atoms. The highest BCUT2D eigenvalue weighted by Gasteiger charge is 2.50. The van der Waals surface area contributed by atoms with Crippen molar-refractivity contribution in [1.82, 2.24) is 0 Å². The molecular weight excluding hydrogens is 123 g/mol. The van der Waals surface area contributed by atoms with Gasteiger partial charge in [-0.3, -0.25) is 0 Å². The molecule has 0 spiro atoms. The average Bonchev–Trinajstić information content (AvgIpc) is 1.73. The molecule has 0 aromatic heterocycles. The molecule has 0 radical (unpaired) electrons. The minimum absolute atomic E-state index is 0.471. The van der Waals surface area contributed by atoms with Gasteiger partial charge in [-0.1, -0.05) is 23.2 Å². The second-order valence-corrected chi connectivity index (χ2v) is 3.02. The summed E-state index contributed by atoms with van der Waals surface area (Å²) < 4.78 is -0.792. The van der Waals surface area contributed by atoms with Crippen molar-refractivity contribution in [2.75, 3.05) is 0 Å². The van der Waals surface area contributed by atoms with Gasteiger partial charge in [-0.05, 0) is 0 Å². The van der Waals surface area contributed by atoms with Crippen LogP contribution in [0.3, 0.4) is 0 Å². The second kappa shape index (κ2) is 1.03. The first-order chi connectivity index (χ1) is 2.63. The molecule has 0 aromatic carbocycles. The molecule has 3 heteroatoms. The van der Waals surface area contributed by atoms with E-state index in [0.717, 1.165) is 0 Å². The van der Waals surface area contributed by atoms with Crippen LogP contribution in [0.1, 0.15) is 6.42 Å². The zero-order valence-corrected chi connectivity index (χ0v) is 4.50. The van der Waals surface area contributed by atoms with Gasteiger partial charge in [0.2, 0.25) is 0 Å². The molecule has 1 aliphatic carbocycles. The van der Waals surface area contributed by atoms with Gasteiger partial charge in [0.05, 0.1) is 6.10 Å². The number of aliphatic hydroxyl groups excluding tert-OH is 1. The molecule has 1 N–H and O–H groups in total. The van der Waals surface area contributed by atoms with E-state index in [4.69, 9.17) is 28.3 Å². The Bertz CT molecular complexity index is 71.2. The molecule has 36 valence electrons. The van der Waals surface area contributed by atoms with E-state index in [2.05, 4.69) is 0 Å². The molecule has 0 heterocycles. The molecule has 6 heavy (non-hydrogen) atoms. The third-order valence-corrected chi connectivity index (χ3v) is 1.61. The van der Waals surface area contributed by atoms with E-state index in [-0.39, 0.29) is 0 Å². The third kappa shape index (κ3) is 0.625. The van der Waals surface area contributed by atoms with Crippen LogP contribution >= 0.6 is 23.2 Å². The fourth-order valence-electron chi connectivity index (χ4n) is 0.199. The fourth-order valence-corrected chi connectivity index (χ4v) is 0.491. The molecule has 0 aromatic rings. The van der Waals surface area contributed by atoms with Crippen LogP contribution in [0, 0.1) is 0 Å². The summed E-state index contributed by atoms with van der Waals surface area (Å²) in [5, 5.41) is 8.43. The van der Waals surface area contributed by atoms with E-state index in [0.29, 0.717) is 6.42 Å². The number of aliphatic hydroxyl groups is 1. The molecule has 0 saturated heterocycles. The number of halogens is 2. The van der Waals surface area contributed by atoms with Crippen molar-refractivity contribution in [3.05, 3.63) is 0 Å². The molecule has 1 saturated carbocycles. The Labute approximate surface area is 45.9 Å². The second-order valence-electron chi connectivity index (χ2n) is 1.48. The molecule has 1 unspecified atom stereocenters. The zero-order chi connectivity index (χ0) is 4.78. The van der Waals surface area contributed by atoms with Crippen LogP contribution in [0.15, 0.2) is 0 Å². The predicted octanol–water partition coefficient (Wildman–Crippen LogP) is 0.925. The van der Waals surface area contributed by atoms with Crippen LogP contribution in [-0.4, -0.2) is 15.5 Å². The lowest BCUT2D eigenvalue weighted by Crippen LogP contribution is -1.90. The van der Waals surface area contributed by atoms with Crippen LogP contribution in [0.2, 0.25) is 0 Å². The first kappa shape index (κ1) is 4.69. The summed E-state index contributed by atoms with van der Waals surface area (Å²) in [4.78, 5) is 0. The zero-order valence-electron chi connectivity index (χ0n) is 2.99. The molecule has 1 nitrogen and oxygen atoms in total.